The number of carbonyl (C=O) groups is 1. The Kier molecular flexibility index (Phi) is 4.39. The number of carboxylic acid groups (broad SMARTS) is 1. The number of methoxy groups -OCH3 is 2. The topological polar surface area (TPSA) is 67.8 Å². The molecule has 1 aromatic carbocycles. The number of nitrogens with one attached hydrogen (secondary N) is 1. The van der Waals surface area contributed by atoms with Gasteiger partial charge in [-0.25, -0.2) is 0 Å². The predicted molar refractivity (Wildman–Crippen MR) is 70.2 cm³/mol. The molecule has 5 nitrogen and oxygen atoms in total. The van der Waals surface area contributed by atoms with Gasteiger partial charge in [0, 0.05) is 25.3 Å². The molecule has 2 atom stereocenters. The second kappa shape index (κ2) is 6.04. The van der Waals surface area contributed by atoms with E-state index in [1.165, 1.54) is 0 Å². The zero-order chi connectivity index (χ0) is 13.8. The number of rotatable bonds is 5. The number of hydrogen-bond acceptors (Lipinski definition) is 4. The molecule has 0 bridgehead atoms. The van der Waals surface area contributed by atoms with E-state index in [2.05, 4.69) is 5.32 Å². The maximum Gasteiger partial charge on any atom is 0.307 e. The van der Waals surface area contributed by atoms with E-state index in [1.54, 1.807) is 14.2 Å². The van der Waals surface area contributed by atoms with Crippen LogP contribution in [0.3, 0.4) is 0 Å². The summed E-state index contributed by atoms with van der Waals surface area (Å²) >= 11 is 0. The quantitative estimate of drug-likeness (QED) is 0.846. The maximum atomic E-state index is 11.0. The summed E-state index contributed by atoms with van der Waals surface area (Å²) in [6, 6.07) is 5.99. The summed E-state index contributed by atoms with van der Waals surface area (Å²) in [7, 11) is 3.27. The van der Waals surface area contributed by atoms with Gasteiger partial charge in [-0.05, 0) is 18.1 Å². The molecule has 1 saturated heterocycles. The molecule has 0 saturated carbocycles. The summed E-state index contributed by atoms with van der Waals surface area (Å²) in [5.41, 5.74) is 2.04. The molecule has 0 aromatic heterocycles. The summed E-state index contributed by atoms with van der Waals surface area (Å²) in [5.74, 6) is -0.271. The molecule has 104 valence electrons. The van der Waals surface area contributed by atoms with E-state index in [9.17, 15) is 4.79 Å². The molecule has 2 unspecified atom stereocenters. The Labute approximate surface area is 112 Å². The lowest BCUT2D eigenvalue weighted by Crippen LogP contribution is -2.17. The smallest absolute Gasteiger partial charge is 0.307 e. The Morgan fingerprint density at radius 3 is 2.84 bits per heavy atom. The molecule has 0 spiro atoms. The van der Waals surface area contributed by atoms with Crippen molar-refractivity contribution in [1.29, 1.82) is 0 Å². The van der Waals surface area contributed by atoms with Crippen molar-refractivity contribution in [3.05, 3.63) is 29.3 Å². The first-order chi connectivity index (χ1) is 9.15. The number of aliphatic carboxylic acids is 1. The van der Waals surface area contributed by atoms with Gasteiger partial charge < -0.3 is 19.9 Å². The SMILES string of the molecule is COCc1ccc(C2CC(C(=O)O)CN2)cc1OC. The van der Waals surface area contributed by atoms with E-state index in [0.717, 1.165) is 16.9 Å². The normalized spacial score (nSPS) is 22.4. The van der Waals surface area contributed by atoms with Crippen molar-refractivity contribution >= 4 is 5.97 Å². The minimum Gasteiger partial charge on any atom is -0.496 e. The van der Waals surface area contributed by atoms with Crippen molar-refractivity contribution < 1.29 is 19.4 Å². The molecule has 1 heterocycles. The Morgan fingerprint density at radius 2 is 2.26 bits per heavy atom. The first-order valence-corrected chi connectivity index (χ1v) is 6.27. The van der Waals surface area contributed by atoms with Gasteiger partial charge in [-0.2, -0.15) is 0 Å². The fourth-order valence-electron chi connectivity index (χ4n) is 2.43. The number of benzene rings is 1. The van der Waals surface area contributed by atoms with Gasteiger partial charge in [0.15, 0.2) is 0 Å². The molecular formula is C14H19NO4. The van der Waals surface area contributed by atoms with Gasteiger partial charge in [0.2, 0.25) is 0 Å². The predicted octanol–water partition coefficient (Wildman–Crippen LogP) is 1.58. The van der Waals surface area contributed by atoms with Gasteiger partial charge in [0.25, 0.3) is 0 Å². The standard InChI is InChI=1S/C14H19NO4/c1-18-8-10-4-3-9(6-13(10)19-2)12-5-11(7-15-12)14(16)17/h3-4,6,11-12,15H,5,7-8H2,1-2H3,(H,16,17). The highest BCUT2D eigenvalue weighted by Gasteiger charge is 2.30. The van der Waals surface area contributed by atoms with E-state index >= 15 is 0 Å². The van der Waals surface area contributed by atoms with Gasteiger partial charge in [-0.3, -0.25) is 4.79 Å². The maximum absolute atomic E-state index is 11.0. The van der Waals surface area contributed by atoms with Crippen molar-refractivity contribution in [2.75, 3.05) is 20.8 Å². The highest BCUT2D eigenvalue weighted by molar-refractivity contribution is 5.70. The third kappa shape index (κ3) is 3.05. The van der Waals surface area contributed by atoms with Crippen LogP contribution in [0.5, 0.6) is 5.75 Å². The molecule has 19 heavy (non-hydrogen) atoms. The van der Waals surface area contributed by atoms with Crippen LogP contribution < -0.4 is 10.1 Å². The molecule has 0 amide bonds. The third-order valence-corrected chi connectivity index (χ3v) is 3.49. The van der Waals surface area contributed by atoms with Crippen LogP contribution in [0, 0.1) is 5.92 Å². The van der Waals surface area contributed by atoms with Gasteiger partial charge >= 0.3 is 5.97 Å². The number of hydrogen-bond donors (Lipinski definition) is 2. The summed E-state index contributed by atoms with van der Waals surface area (Å²) in [6.45, 7) is 1.02. The van der Waals surface area contributed by atoms with Crippen LogP contribution in [0.1, 0.15) is 23.6 Å². The lowest BCUT2D eigenvalue weighted by Gasteiger charge is -2.14. The average molecular weight is 265 g/mol. The zero-order valence-corrected chi connectivity index (χ0v) is 11.2. The Bertz CT molecular complexity index is 461. The van der Waals surface area contributed by atoms with Crippen molar-refractivity contribution in [3.63, 3.8) is 0 Å². The minimum absolute atomic E-state index is 0.0756. The summed E-state index contributed by atoms with van der Waals surface area (Å²) < 4.78 is 10.5. The highest BCUT2D eigenvalue weighted by Crippen LogP contribution is 2.31. The average Bonchev–Trinajstić information content (AvgIpc) is 2.89. The minimum atomic E-state index is -0.738. The van der Waals surface area contributed by atoms with E-state index in [0.29, 0.717) is 19.6 Å². The largest absolute Gasteiger partial charge is 0.496 e. The van der Waals surface area contributed by atoms with Crippen LogP contribution in [-0.4, -0.2) is 31.8 Å². The van der Waals surface area contributed by atoms with Gasteiger partial charge in [-0.1, -0.05) is 12.1 Å². The van der Waals surface area contributed by atoms with Crippen molar-refractivity contribution in [2.24, 2.45) is 5.92 Å². The summed E-state index contributed by atoms with van der Waals surface area (Å²) in [6.07, 6.45) is 0.613. The van der Waals surface area contributed by atoms with Crippen molar-refractivity contribution in [3.8, 4) is 5.75 Å². The van der Waals surface area contributed by atoms with Crippen LogP contribution in [0.25, 0.3) is 0 Å². The van der Waals surface area contributed by atoms with Crippen molar-refractivity contribution in [2.45, 2.75) is 19.1 Å². The van der Waals surface area contributed by atoms with E-state index in [1.807, 2.05) is 18.2 Å². The summed E-state index contributed by atoms with van der Waals surface area (Å²) in [5, 5.41) is 12.3. The van der Waals surface area contributed by atoms with Crippen LogP contribution in [0.15, 0.2) is 18.2 Å². The monoisotopic (exact) mass is 265 g/mol. The molecule has 0 aliphatic carbocycles. The molecule has 0 radical (unpaired) electrons. The lowest BCUT2D eigenvalue weighted by molar-refractivity contribution is -0.141. The fourth-order valence-corrected chi connectivity index (χ4v) is 2.43. The van der Waals surface area contributed by atoms with Crippen LogP contribution in [0.4, 0.5) is 0 Å². The first kappa shape index (κ1) is 13.8. The Morgan fingerprint density at radius 1 is 1.47 bits per heavy atom. The molecule has 1 fully saturated rings. The molecular weight excluding hydrogens is 246 g/mol. The van der Waals surface area contributed by atoms with Crippen LogP contribution in [0.2, 0.25) is 0 Å². The Balaban J connectivity index is 2.15. The lowest BCUT2D eigenvalue weighted by atomic mass is 9.99. The van der Waals surface area contributed by atoms with Crippen LogP contribution in [-0.2, 0) is 16.1 Å². The Hall–Kier alpha value is -1.59. The first-order valence-electron chi connectivity index (χ1n) is 6.27. The van der Waals surface area contributed by atoms with E-state index in [-0.39, 0.29) is 12.0 Å². The summed E-state index contributed by atoms with van der Waals surface area (Å²) in [4.78, 5) is 11.0. The molecule has 2 N–H and O–H groups in total. The molecule has 2 rings (SSSR count). The van der Waals surface area contributed by atoms with E-state index < -0.39 is 5.97 Å². The number of ether oxygens (including phenoxy) is 2. The fraction of sp³-hybridized carbons (Fsp3) is 0.500. The molecule has 1 aromatic rings. The second-order valence-corrected chi connectivity index (χ2v) is 4.74. The second-order valence-electron chi connectivity index (χ2n) is 4.74. The molecule has 1 aliphatic rings. The third-order valence-electron chi connectivity index (χ3n) is 3.49. The van der Waals surface area contributed by atoms with Gasteiger partial charge in [0.1, 0.15) is 5.75 Å². The molecule has 5 heteroatoms. The van der Waals surface area contributed by atoms with E-state index in [4.69, 9.17) is 14.6 Å². The van der Waals surface area contributed by atoms with Gasteiger partial charge in [0.05, 0.1) is 19.6 Å². The van der Waals surface area contributed by atoms with Crippen molar-refractivity contribution in [1.82, 2.24) is 5.32 Å². The molecule has 1 aliphatic heterocycles. The van der Waals surface area contributed by atoms with Crippen LogP contribution >= 0.6 is 0 Å². The highest BCUT2D eigenvalue weighted by atomic mass is 16.5. The zero-order valence-electron chi connectivity index (χ0n) is 11.2. The van der Waals surface area contributed by atoms with Gasteiger partial charge in [-0.15, -0.1) is 0 Å². The number of carboxylic acids is 1.